The van der Waals surface area contributed by atoms with Gasteiger partial charge in [0, 0.05) is 4.47 Å². The molecular formula is C26H15BrClF6NO7. The van der Waals surface area contributed by atoms with E-state index in [1.807, 2.05) is 0 Å². The molecule has 0 radical (unpaired) electrons. The molecule has 2 N–H and O–H groups in total. The molecule has 0 aromatic heterocycles. The van der Waals surface area contributed by atoms with E-state index in [-0.39, 0.29) is 10.7 Å². The Balaban J connectivity index is 1.99. The molecule has 0 aliphatic carbocycles. The molecule has 0 aliphatic rings. The van der Waals surface area contributed by atoms with Gasteiger partial charge in [-0.05, 0) is 54.6 Å². The van der Waals surface area contributed by atoms with Crippen LogP contribution in [-0.2, 0) is 31.4 Å². The van der Waals surface area contributed by atoms with E-state index in [2.05, 4.69) is 21.2 Å². The molecule has 3 rings (SSSR count). The monoisotopic (exact) mass is 681 g/mol. The summed E-state index contributed by atoms with van der Waals surface area (Å²) in [6.45, 7) is 0. The summed E-state index contributed by atoms with van der Waals surface area (Å²) in [5.41, 5.74) is -4.21. The Bertz CT molecular complexity index is 1530. The number of anilines is 1. The number of carbonyl (C=O) groups is 4. The number of aliphatic carboxylic acids is 1. The lowest BCUT2D eigenvalue weighted by molar-refractivity contribution is -0.157. The zero-order chi connectivity index (χ0) is 31.4. The fourth-order valence-corrected chi connectivity index (χ4v) is 4.02. The van der Waals surface area contributed by atoms with Gasteiger partial charge in [0.25, 0.3) is 5.91 Å². The Hall–Kier alpha value is -4.11. The topological polar surface area (TPSA) is 119 Å². The first-order chi connectivity index (χ1) is 19.5. The molecule has 0 saturated carbocycles. The number of carboxylic acid groups (broad SMARTS) is 1. The van der Waals surface area contributed by atoms with Crippen LogP contribution < -0.4 is 5.32 Å². The summed E-state index contributed by atoms with van der Waals surface area (Å²) in [6, 6.07) is 9.39. The minimum atomic E-state index is -4.88. The highest BCUT2D eigenvalue weighted by molar-refractivity contribution is 9.10. The standard InChI is InChI=1S/C26H15BrClF6NO7/c27-16-7-8-18(17(28)11-16)35-21(36)19(41-23(39)12-3-1-5-14(9-12)25(29,30)31)20(22(37)38)42-24(40)13-4-2-6-15(10-13)26(32,33)34/h1-11,19-20H,(H,35,36)(H,37,38)/t19-,20-/m0/s1. The summed E-state index contributed by atoms with van der Waals surface area (Å²) >= 11 is 9.17. The Morgan fingerprint density at radius 1 is 0.762 bits per heavy atom. The number of rotatable bonds is 8. The highest BCUT2D eigenvalue weighted by Crippen LogP contribution is 2.31. The van der Waals surface area contributed by atoms with Crippen molar-refractivity contribution in [3.8, 4) is 0 Å². The molecule has 3 aromatic rings. The largest absolute Gasteiger partial charge is 0.478 e. The van der Waals surface area contributed by atoms with Gasteiger partial charge in [0.15, 0.2) is 0 Å². The van der Waals surface area contributed by atoms with E-state index in [9.17, 15) is 50.6 Å². The van der Waals surface area contributed by atoms with Gasteiger partial charge in [-0.25, -0.2) is 14.4 Å². The van der Waals surface area contributed by atoms with Gasteiger partial charge in [0.2, 0.25) is 12.2 Å². The lowest BCUT2D eigenvalue weighted by Crippen LogP contribution is -2.48. The van der Waals surface area contributed by atoms with E-state index in [0.717, 1.165) is 24.3 Å². The van der Waals surface area contributed by atoms with Crippen LogP contribution in [-0.4, -0.2) is 41.1 Å². The molecule has 42 heavy (non-hydrogen) atoms. The number of carboxylic acids is 1. The predicted molar refractivity (Wildman–Crippen MR) is 137 cm³/mol. The Labute approximate surface area is 245 Å². The highest BCUT2D eigenvalue weighted by atomic mass is 79.9. The van der Waals surface area contributed by atoms with Crippen molar-refractivity contribution in [1.29, 1.82) is 0 Å². The van der Waals surface area contributed by atoms with Gasteiger partial charge in [-0.1, -0.05) is 39.7 Å². The zero-order valence-electron chi connectivity index (χ0n) is 20.4. The van der Waals surface area contributed by atoms with Crippen LogP contribution in [0.25, 0.3) is 0 Å². The van der Waals surface area contributed by atoms with Crippen LogP contribution in [0.1, 0.15) is 31.8 Å². The fraction of sp³-hybridized carbons (Fsp3) is 0.154. The second-order valence-corrected chi connectivity index (χ2v) is 9.58. The van der Waals surface area contributed by atoms with Crippen LogP contribution in [0, 0.1) is 0 Å². The second-order valence-electron chi connectivity index (χ2n) is 8.26. The number of ether oxygens (including phenoxy) is 2. The summed E-state index contributed by atoms with van der Waals surface area (Å²) in [7, 11) is 0. The van der Waals surface area contributed by atoms with Crippen LogP contribution in [0.2, 0.25) is 5.02 Å². The quantitative estimate of drug-likeness (QED) is 0.203. The van der Waals surface area contributed by atoms with E-state index in [0.29, 0.717) is 28.7 Å². The van der Waals surface area contributed by atoms with E-state index in [1.165, 1.54) is 18.2 Å². The summed E-state index contributed by atoms with van der Waals surface area (Å²) in [6.07, 6.45) is -15.0. The third-order valence-electron chi connectivity index (χ3n) is 5.28. The lowest BCUT2D eigenvalue weighted by atomic mass is 10.1. The molecule has 8 nitrogen and oxygen atoms in total. The van der Waals surface area contributed by atoms with Crippen molar-refractivity contribution in [2.24, 2.45) is 0 Å². The molecular weight excluding hydrogens is 668 g/mol. The summed E-state index contributed by atoms with van der Waals surface area (Å²) in [5, 5.41) is 11.8. The molecule has 1 amide bonds. The third-order valence-corrected chi connectivity index (χ3v) is 6.09. The predicted octanol–water partition coefficient (Wildman–Crippen LogP) is 6.61. The molecule has 0 heterocycles. The van der Waals surface area contributed by atoms with Gasteiger partial charge >= 0.3 is 30.3 Å². The molecule has 0 saturated heterocycles. The van der Waals surface area contributed by atoms with E-state index >= 15 is 0 Å². The smallest absolute Gasteiger partial charge is 0.416 e. The first kappa shape index (κ1) is 32.4. The SMILES string of the molecule is O=C(O[C@H](C(=O)O)[C@H](OC(=O)c1cccc(C(F)(F)F)c1)C(=O)Nc1ccc(Br)cc1Cl)c1cccc(C(F)(F)F)c1. The number of esters is 2. The van der Waals surface area contributed by atoms with Gasteiger partial charge < -0.3 is 19.9 Å². The number of hydrogen-bond acceptors (Lipinski definition) is 6. The molecule has 0 bridgehead atoms. The molecule has 0 aliphatic heterocycles. The highest BCUT2D eigenvalue weighted by Gasteiger charge is 2.42. The molecule has 0 unspecified atom stereocenters. The van der Waals surface area contributed by atoms with E-state index < -0.39 is 70.6 Å². The maximum Gasteiger partial charge on any atom is 0.416 e. The maximum atomic E-state index is 13.2. The molecule has 0 spiro atoms. The van der Waals surface area contributed by atoms with Gasteiger partial charge in [0.05, 0.1) is 33.0 Å². The Morgan fingerprint density at radius 2 is 1.24 bits per heavy atom. The van der Waals surface area contributed by atoms with Crippen LogP contribution in [0.3, 0.4) is 0 Å². The average Bonchev–Trinajstić information content (AvgIpc) is 2.91. The number of halogens is 8. The number of amides is 1. The van der Waals surface area contributed by atoms with Crippen molar-refractivity contribution < 1.29 is 60.1 Å². The van der Waals surface area contributed by atoms with E-state index in [1.54, 1.807) is 0 Å². The number of nitrogens with one attached hydrogen (secondary N) is 1. The van der Waals surface area contributed by atoms with Crippen molar-refractivity contribution in [2.45, 2.75) is 24.6 Å². The molecule has 0 fully saturated rings. The van der Waals surface area contributed by atoms with Crippen molar-refractivity contribution in [3.05, 3.63) is 98.5 Å². The first-order valence-corrected chi connectivity index (χ1v) is 12.4. The minimum Gasteiger partial charge on any atom is -0.478 e. The molecule has 16 heteroatoms. The lowest BCUT2D eigenvalue weighted by Gasteiger charge is -2.24. The van der Waals surface area contributed by atoms with Gasteiger partial charge in [-0.3, -0.25) is 4.79 Å². The fourth-order valence-electron chi connectivity index (χ4n) is 3.30. The summed E-state index contributed by atoms with van der Waals surface area (Å²) < 4.78 is 88.8. The Morgan fingerprint density at radius 3 is 1.67 bits per heavy atom. The third kappa shape index (κ3) is 8.22. The average molecular weight is 683 g/mol. The van der Waals surface area contributed by atoms with Gasteiger partial charge in [-0.2, -0.15) is 26.3 Å². The van der Waals surface area contributed by atoms with Crippen LogP contribution >= 0.6 is 27.5 Å². The summed E-state index contributed by atoms with van der Waals surface area (Å²) in [5.74, 6) is -6.81. The normalized spacial score (nSPS) is 13.0. The van der Waals surface area contributed by atoms with Crippen molar-refractivity contribution in [1.82, 2.24) is 0 Å². The van der Waals surface area contributed by atoms with Crippen molar-refractivity contribution >= 4 is 57.0 Å². The van der Waals surface area contributed by atoms with Gasteiger partial charge in [0.1, 0.15) is 0 Å². The van der Waals surface area contributed by atoms with E-state index in [4.69, 9.17) is 21.1 Å². The van der Waals surface area contributed by atoms with Gasteiger partial charge in [-0.15, -0.1) is 0 Å². The number of hydrogen-bond donors (Lipinski definition) is 2. The van der Waals surface area contributed by atoms with Crippen molar-refractivity contribution in [2.75, 3.05) is 5.32 Å². The Kier molecular flexibility index (Phi) is 9.89. The number of carbonyl (C=O) groups excluding carboxylic acids is 3. The number of benzene rings is 3. The van der Waals surface area contributed by atoms with Crippen LogP contribution in [0.5, 0.6) is 0 Å². The van der Waals surface area contributed by atoms with Crippen LogP contribution in [0.4, 0.5) is 32.0 Å². The maximum absolute atomic E-state index is 13.2. The molecule has 2 atom stereocenters. The minimum absolute atomic E-state index is 0.0893. The van der Waals surface area contributed by atoms with Crippen molar-refractivity contribution in [3.63, 3.8) is 0 Å². The second kappa shape index (κ2) is 12.8. The first-order valence-electron chi connectivity index (χ1n) is 11.2. The number of alkyl halides is 6. The summed E-state index contributed by atoms with van der Waals surface area (Å²) in [4.78, 5) is 50.7. The molecule has 222 valence electrons. The molecule has 3 aromatic carbocycles. The van der Waals surface area contributed by atoms with Crippen LogP contribution in [0.15, 0.2) is 71.2 Å². The zero-order valence-corrected chi connectivity index (χ0v) is 22.8.